The van der Waals surface area contributed by atoms with Crippen molar-refractivity contribution < 1.29 is 30.3 Å². The van der Waals surface area contributed by atoms with Crippen LogP contribution in [0.25, 0.3) is 32.8 Å². The van der Waals surface area contributed by atoms with Crippen LogP contribution in [0, 0.1) is 17.0 Å². The fraction of sp³-hybridized carbons (Fsp3) is 0.0870. The standard InChI is InChI=1S/C23H18N3O4S.ClH/c1-15-7-10-18(11-8-15)31(29,30)25-21-12-9-17(26(27)28)14-19(21)23-22(25)13-16-5-3-4-6-20(16)24(23)2;/h3-14H,1-2H3;1H/q+1;/p-1. The summed E-state index contributed by atoms with van der Waals surface area (Å²) in [4.78, 5) is 11.1. The molecule has 0 radical (unpaired) electrons. The number of nitro groups is 1. The Labute approximate surface area is 190 Å². The van der Waals surface area contributed by atoms with Crippen molar-refractivity contribution in [1.29, 1.82) is 0 Å². The summed E-state index contributed by atoms with van der Waals surface area (Å²) >= 11 is 0. The lowest BCUT2D eigenvalue weighted by Crippen LogP contribution is -3.00. The van der Waals surface area contributed by atoms with Crippen molar-refractivity contribution >= 4 is 48.5 Å². The molecule has 0 bridgehead atoms. The first kappa shape index (κ1) is 21.7. The molecule has 7 nitrogen and oxygen atoms in total. The molecule has 2 heterocycles. The highest BCUT2D eigenvalue weighted by Crippen LogP contribution is 2.34. The third kappa shape index (κ3) is 3.11. The molecular weight excluding hydrogens is 450 g/mol. The molecule has 32 heavy (non-hydrogen) atoms. The number of non-ortho nitro benzene ring substituents is 1. The van der Waals surface area contributed by atoms with Gasteiger partial charge in [0.25, 0.3) is 15.7 Å². The molecule has 2 aromatic heterocycles. The summed E-state index contributed by atoms with van der Waals surface area (Å²) in [5.74, 6) is 0. The van der Waals surface area contributed by atoms with Gasteiger partial charge in [0, 0.05) is 23.6 Å². The molecule has 9 heteroatoms. The number of pyridine rings is 1. The Hall–Kier alpha value is -3.49. The number of rotatable bonds is 3. The molecule has 5 rings (SSSR count). The minimum absolute atomic E-state index is 0. The Morgan fingerprint density at radius 2 is 1.62 bits per heavy atom. The highest BCUT2D eigenvalue weighted by atomic mass is 35.5. The molecule has 0 aliphatic rings. The second kappa shape index (κ2) is 7.58. The fourth-order valence-electron chi connectivity index (χ4n) is 4.11. The summed E-state index contributed by atoms with van der Waals surface area (Å²) < 4.78 is 30.6. The molecule has 0 amide bonds. The Morgan fingerprint density at radius 3 is 2.31 bits per heavy atom. The average molecular weight is 468 g/mol. The summed E-state index contributed by atoms with van der Waals surface area (Å²) in [7, 11) is -2.11. The normalized spacial score (nSPS) is 11.7. The van der Waals surface area contributed by atoms with E-state index in [0.29, 0.717) is 21.9 Å². The van der Waals surface area contributed by atoms with E-state index in [1.54, 1.807) is 24.3 Å². The van der Waals surface area contributed by atoms with Gasteiger partial charge in [-0.15, -0.1) is 0 Å². The number of halogens is 1. The van der Waals surface area contributed by atoms with Crippen molar-refractivity contribution in [3.63, 3.8) is 0 Å². The number of hydrogen-bond donors (Lipinski definition) is 0. The van der Waals surface area contributed by atoms with Crippen LogP contribution in [0.4, 0.5) is 5.69 Å². The zero-order valence-electron chi connectivity index (χ0n) is 17.2. The van der Waals surface area contributed by atoms with Crippen molar-refractivity contribution in [2.24, 2.45) is 7.05 Å². The van der Waals surface area contributed by atoms with Gasteiger partial charge in [-0.05, 0) is 37.3 Å². The molecule has 0 aliphatic heterocycles. The van der Waals surface area contributed by atoms with Gasteiger partial charge in [0.1, 0.15) is 12.6 Å². The van der Waals surface area contributed by atoms with E-state index in [2.05, 4.69) is 0 Å². The molecule has 0 spiro atoms. The van der Waals surface area contributed by atoms with E-state index >= 15 is 0 Å². The largest absolute Gasteiger partial charge is 1.00 e. The average Bonchev–Trinajstić information content (AvgIpc) is 3.08. The summed E-state index contributed by atoms with van der Waals surface area (Å²) in [6.45, 7) is 1.89. The van der Waals surface area contributed by atoms with E-state index in [1.165, 1.54) is 22.2 Å². The number of nitrogens with zero attached hydrogens (tertiary/aromatic N) is 3. The van der Waals surface area contributed by atoms with Crippen molar-refractivity contribution in [2.45, 2.75) is 11.8 Å². The van der Waals surface area contributed by atoms with Crippen LogP contribution in [0.3, 0.4) is 0 Å². The van der Waals surface area contributed by atoms with E-state index in [9.17, 15) is 18.5 Å². The predicted octanol–water partition coefficient (Wildman–Crippen LogP) is 1.23. The molecule has 5 aromatic rings. The fourth-order valence-corrected chi connectivity index (χ4v) is 5.61. The zero-order chi connectivity index (χ0) is 21.9. The monoisotopic (exact) mass is 467 g/mol. The molecule has 0 fully saturated rings. The van der Waals surface area contributed by atoms with Crippen LogP contribution >= 0.6 is 0 Å². The van der Waals surface area contributed by atoms with Crippen molar-refractivity contribution in [1.82, 2.24) is 3.97 Å². The number of hydrogen-bond acceptors (Lipinski definition) is 4. The molecule has 0 atom stereocenters. The van der Waals surface area contributed by atoms with Crippen LogP contribution in [0.1, 0.15) is 5.56 Å². The van der Waals surface area contributed by atoms with E-state index in [1.807, 2.05) is 48.9 Å². The van der Waals surface area contributed by atoms with Gasteiger partial charge in [0.05, 0.1) is 20.7 Å². The number of benzene rings is 3. The number of aromatic nitrogens is 2. The second-order valence-electron chi connectivity index (χ2n) is 7.54. The molecule has 3 aromatic carbocycles. The molecule has 0 aliphatic carbocycles. The molecule has 0 N–H and O–H groups in total. The Bertz CT molecular complexity index is 1640. The van der Waals surface area contributed by atoms with Gasteiger partial charge in [0.15, 0.2) is 0 Å². The first-order valence-corrected chi connectivity index (χ1v) is 11.1. The van der Waals surface area contributed by atoms with Crippen molar-refractivity contribution in [3.8, 4) is 0 Å². The van der Waals surface area contributed by atoms with Gasteiger partial charge < -0.3 is 12.4 Å². The maximum absolute atomic E-state index is 13.7. The predicted molar refractivity (Wildman–Crippen MR) is 119 cm³/mol. The Balaban J connectivity index is 0.00000245. The van der Waals surface area contributed by atoms with Crippen LogP contribution < -0.4 is 17.0 Å². The summed E-state index contributed by atoms with van der Waals surface area (Å²) in [5.41, 5.74) is 3.24. The third-order valence-electron chi connectivity index (χ3n) is 5.61. The smallest absolute Gasteiger partial charge is 0.270 e. The lowest BCUT2D eigenvalue weighted by molar-refractivity contribution is -0.616. The maximum Gasteiger partial charge on any atom is 0.270 e. The van der Waals surface area contributed by atoms with Crippen LogP contribution in [-0.2, 0) is 17.1 Å². The maximum atomic E-state index is 13.7. The third-order valence-corrected chi connectivity index (χ3v) is 7.35. The molecular formula is C23H18ClN3O4S. The van der Waals surface area contributed by atoms with E-state index in [-0.39, 0.29) is 23.0 Å². The van der Waals surface area contributed by atoms with Gasteiger partial charge >= 0.3 is 0 Å². The first-order chi connectivity index (χ1) is 14.8. The Morgan fingerprint density at radius 1 is 0.938 bits per heavy atom. The van der Waals surface area contributed by atoms with Crippen molar-refractivity contribution in [2.75, 3.05) is 0 Å². The van der Waals surface area contributed by atoms with E-state index < -0.39 is 14.9 Å². The SMILES string of the molecule is Cc1ccc(S(=O)(=O)n2c3ccc([N+](=O)[O-])cc3c3c2cc2ccccc2[n+]3C)cc1.[Cl-]. The molecule has 0 saturated heterocycles. The summed E-state index contributed by atoms with van der Waals surface area (Å²) in [5, 5.41) is 12.8. The van der Waals surface area contributed by atoms with Gasteiger partial charge in [-0.1, -0.05) is 29.8 Å². The van der Waals surface area contributed by atoms with Gasteiger partial charge in [-0.25, -0.2) is 12.4 Å². The van der Waals surface area contributed by atoms with Crippen LogP contribution in [0.2, 0.25) is 0 Å². The Kier molecular flexibility index (Phi) is 5.15. The van der Waals surface area contributed by atoms with Crippen LogP contribution in [0.15, 0.2) is 77.7 Å². The highest BCUT2D eigenvalue weighted by Gasteiger charge is 2.29. The molecule has 162 valence electrons. The van der Waals surface area contributed by atoms with Gasteiger partial charge in [0.2, 0.25) is 11.0 Å². The first-order valence-electron chi connectivity index (χ1n) is 9.61. The van der Waals surface area contributed by atoms with Crippen molar-refractivity contribution in [3.05, 3.63) is 88.5 Å². The highest BCUT2D eigenvalue weighted by molar-refractivity contribution is 7.90. The van der Waals surface area contributed by atoms with Crippen LogP contribution in [-0.4, -0.2) is 17.3 Å². The van der Waals surface area contributed by atoms with E-state index in [0.717, 1.165) is 16.5 Å². The number of para-hydroxylation sites is 1. The lowest BCUT2D eigenvalue weighted by atomic mass is 10.1. The zero-order valence-corrected chi connectivity index (χ0v) is 18.8. The molecule has 0 saturated carbocycles. The van der Waals surface area contributed by atoms with Gasteiger partial charge in [-0.3, -0.25) is 10.1 Å². The topological polar surface area (TPSA) is 86.1 Å². The van der Waals surface area contributed by atoms with Crippen LogP contribution in [0.5, 0.6) is 0 Å². The summed E-state index contributed by atoms with van der Waals surface area (Å²) in [6.07, 6.45) is 0. The molecule has 0 unspecified atom stereocenters. The minimum Gasteiger partial charge on any atom is -1.00 e. The minimum atomic E-state index is -3.95. The quantitative estimate of drug-likeness (QED) is 0.227. The summed E-state index contributed by atoms with van der Waals surface area (Å²) in [6, 6.07) is 20.4. The second-order valence-corrected chi connectivity index (χ2v) is 9.32. The number of fused-ring (bicyclic) bond motifs is 4. The number of aryl methyl sites for hydroxylation is 2. The van der Waals surface area contributed by atoms with E-state index in [4.69, 9.17) is 0 Å². The lowest BCUT2D eigenvalue weighted by Gasteiger charge is -2.09. The van der Waals surface area contributed by atoms with Gasteiger partial charge in [-0.2, -0.15) is 4.57 Å². The number of nitro benzene ring substituents is 1.